The van der Waals surface area contributed by atoms with Crippen molar-refractivity contribution in [2.24, 2.45) is 11.1 Å². The molecular formula is C11H23N3O3. The molecule has 100 valence electrons. The summed E-state index contributed by atoms with van der Waals surface area (Å²) in [5, 5.41) is 5.10. The zero-order valence-electron chi connectivity index (χ0n) is 11.0. The zero-order chi connectivity index (χ0) is 13.5. The van der Waals surface area contributed by atoms with E-state index in [0.717, 1.165) is 6.42 Å². The average Bonchev–Trinajstić information content (AvgIpc) is 2.22. The Balaban J connectivity index is 4.00. The van der Waals surface area contributed by atoms with Gasteiger partial charge in [0.1, 0.15) is 0 Å². The van der Waals surface area contributed by atoms with Gasteiger partial charge in [-0.05, 0) is 18.8 Å². The van der Waals surface area contributed by atoms with Gasteiger partial charge >= 0.3 is 6.03 Å². The first-order chi connectivity index (χ1) is 7.78. The van der Waals surface area contributed by atoms with Crippen LogP contribution in [0.4, 0.5) is 4.79 Å². The number of hydrogen-bond acceptors (Lipinski definition) is 4. The molecule has 0 saturated carbocycles. The van der Waals surface area contributed by atoms with Gasteiger partial charge in [-0.15, -0.1) is 0 Å². The van der Waals surface area contributed by atoms with E-state index in [1.54, 1.807) is 14.0 Å². The van der Waals surface area contributed by atoms with Gasteiger partial charge < -0.3 is 15.8 Å². The number of methoxy groups -OCH3 is 1. The Morgan fingerprint density at radius 2 is 2.00 bits per heavy atom. The maximum absolute atomic E-state index is 11.4. The van der Waals surface area contributed by atoms with Gasteiger partial charge in [0.2, 0.25) is 5.91 Å². The third kappa shape index (κ3) is 7.70. The number of primary amides is 1. The second-order valence-electron chi connectivity index (χ2n) is 4.86. The molecule has 0 rings (SSSR count). The van der Waals surface area contributed by atoms with E-state index in [1.165, 1.54) is 0 Å². The van der Waals surface area contributed by atoms with Crippen molar-refractivity contribution >= 4 is 11.9 Å². The number of nitrogens with one attached hydrogen (secondary N) is 2. The maximum atomic E-state index is 11.4. The lowest BCUT2D eigenvalue weighted by molar-refractivity contribution is -0.121. The van der Waals surface area contributed by atoms with Crippen LogP contribution in [-0.2, 0) is 9.53 Å². The molecule has 6 heteroatoms. The zero-order valence-corrected chi connectivity index (χ0v) is 11.0. The van der Waals surface area contributed by atoms with Crippen LogP contribution in [-0.4, -0.2) is 38.2 Å². The molecule has 17 heavy (non-hydrogen) atoms. The van der Waals surface area contributed by atoms with Crippen molar-refractivity contribution in [3.05, 3.63) is 0 Å². The Labute approximate surface area is 102 Å². The molecule has 0 radical (unpaired) electrons. The highest BCUT2D eigenvalue weighted by atomic mass is 16.5. The molecule has 0 aromatic carbocycles. The monoisotopic (exact) mass is 245 g/mol. The minimum atomic E-state index is -0.831. The molecule has 6 nitrogen and oxygen atoms in total. The van der Waals surface area contributed by atoms with E-state index >= 15 is 0 Å². The third-order valence-electron chi connectivity index (χ3n) is 2.51. The molecule has 1 atom stereocenters. The molecular weight excluding hydrogens is 222 g/mol. The van der Waals surface area contributed by atoms with Crippen LogP contribution in [0.2, 0.25) is 0 Å². The van der Waals surface area contributed by atoms with Gasteiger partial charge in [0.15, 0.2) is 0 Å². The molecule has 0 spiro atoms. The van der Waals surface area contributed by atoms with E-state index in [9.17, 15) is 9.59 Å². The van der Waals surface area contributed by atoms with Crippen LogP contribution >= 0.6 is 0 Å². The summed E-state index contributed by atoms with van der Waals surface area (Å²) in [4.78, 5) is 21.9. The Hall–Kier alpha value is -1.14. The number of amides is 3. The Morgan fingerprint density at radius 1 is 1.41 bits per heavy atom. The number of carbonyl (C=O) groups is 2. The second kappa shape index (κ2) is 7.24. The van der Waals surface area contributed by atoms with Gasteiger partial charge in [-0.2, -0.15) is 0 Å². The molecule has 0 aliphatic carbocycles. The van der Waals surface area contributed by atoms with Gasteiger partial charge in [-0.25, -0.2) is 4.79 Å². The first-order valence-corrected chi connectivity index (χ1v) is 5.61. The summed E-state index contributed by atoms with van der Waals surface area (Å²) in [5.41, 5.74) is 4.89. The van der Waals surface area contributed by atoms with Crippen LogP contribution in [0, 0.1) is 5.41 Å². The molecule has 0 aromatic rings. The van der Waals surface area contributed by atoms with Gasteiger partial charge in [-0.1, -0.05) is 13.8 Å². The van der Waals surface area contributed by atoms with E-state index in [-0.39, 0.29) is 5.41 Å². The third-order valence-corrected chi connectivity index (χ3v) is 2.51. The van der Waals surface area contributed by atoms with Gasteiger partial charge in [0.05, 0.1) is 6.04 Å². The smallest absolute Gasteiger partial charge is 0.318 e. The molecule has 4 N–H and O–H groups in total. The summed E-state index contributed by atoms with van der Waals surface area (Å²) >= 11 is 0. The van der Waals surface area contributed by atoms with Crippen LogP contribution in [0.5, 0.6) is 0 Å². The van der Waals surface area contributed by atoms with E-state index in [4.69, 9.17) is 10.5 Å². The number of hydrogen-bond donors (Lipinski definition) is 3. The lowest BCUT2D eigenvalue weighted by Gasteiger charge is -2.26. The minimum Gasteiger partial charge on any atom is -0.385 e. The Kier molecular flexibility index (Phi) is 6.75. The van der Waals surface area contributed by atoms with E-state index in [2.05, 4.69) is 19.2 Å². The maximum Gasteiger partial charge on any atom is 0.318 e. The van der Waals surface area contributed by atoms with Gasteiger partial charge in [0, 0.05) is 20.3 Å². The van der Waals surface area contributed by atoms with Crippen molar-refractivity contribution in [2.45, 2.75) is 33.2 Å². The summed E-state index contributed by atoms with van der Waals surface area (Å²) in [6.07, 6.45) is 0.890. The predicted molar refractivity (Wildman–Crippen MR) is 65.5 cm³/mol. The van der Waals surface area contributed by atoms with Crippen LogP contribution in [0.15, 0.2) is 0 Å². The summed E-state index contributed by atoms with van der Waals surface area (Å²) < 4.78 is 5.02. The van der Waals surface area contributed by atoms with Crippen LogP contribution in [0.1, 0.15) is 27.2 Å². The average molecular weight is 245 g/mol. The molecule has 0 aliphatic rings. The highest BCUT2D eigenvalue weighted by molar-refractivity contribution is 5.96. The summed E-state index contributed by atoms with van der Waals surface area (Å²) in [6.45, 7) is 7.18. The normalized spacial score (nSPS) is 13.2. The van der Waals surface area contributed by atoms with E-state index < -0.39 is 18.0 Å². The fraction of sp³-hybridized carbons (Fsp3) is 0.818. The number of nitrogens with two attached hydrogens (primary N) is 1. The molecule has 0 saturated heterocycles. The van der Waals surface area contributed by atoms with E-state index in [0.29, 0.717) is 13.2 Å². The predicted octanol–water partition coefficient (Wildman–Crippen LogP) is 0.222. The van der Waals surface area contributed by atoms with Crippen molar-refractivity contribution in [3.63, 3.8) is 0 Å². The highest BCUT2D eigenvalue weighted by Crippen LogP contribution is 2.18. The molecule has 0 aromatic heterocycles. The molecule has 0 heterocycles. The van der Waals surface area contributed by atoms with Crippen molar-refractivity contribution in [1.29, 1.82) is 0 Å². The van der Waals surface area contributed by atoms with Crippen LogP contribution < -0.4 is 16.4 Å². The fourth-order valence-corrected chi connectivity index (χ4v) is 1.22. The first-order valence-electron chi connectivity index (χ1n) is 5.61. The second-order valence-corrected chi connectivity index (χ2v) is 4.86. The number of urea groups is 1. The lowest BCUT2D eigenvalue weighted by atomic mass is 9.89. The number of imide groups is 1. The largest absolute Gasteiger partial charge is 0.385 e. The Morgan fingerprint density at radius 3 is 2.47 bits per heavy atom. The topological polar surface area (TPSA) is 93.4 Å². The lowest BCUT2D eigenvalue weighted by Crippen LogP contribution is -2.48. The number of carbonyl (C=O) groups excluding carboxylic acids is 2. The molecule has 3 amide bonds. The fourth-order valence-electron chi connectivity index (χ4n) is 1.22. The summed E-state index contributed by atoms with van der Waals surface area (Å²) in [7, 11) is 1.66. The van der Waals surface area contributed by atoms with Crippen LogP contribution in [0.3, 0.4) is 0 Å². The summed E-state index contributed by atoms with van der Waals surface area (Å²) in [6, 6.07) is -1.29. The first kappa shape index (κ1) is 15.9. The van der Waals surface area contributed by atoms with Crippen LogP contribution in [0.25, 0.3) is 0 Å². The quantitative estimate of drug-likeness (QED) is 0.598. The minimum absolute atomic E-state index is 0.0251. The van der Waals surface area contributed by atoms with Gasteiger partial charge in [-0.3, -0.25) is 10.1 Å². The Bertz CT molecular complexity index is 267. The number of ether oxygens (including phenoxy) is 1. The highest BCUT2D eigenvalue weighted by Gasteiger charge is 2.21. The molecule has 0 aliphatic heterocycles. The standard InChI is InChI=1S/C11H23N3O3/c1-8(9(15)14-10(12)16)13-7-11(2,3)5-6-17-4/h8,13H,5-7H2,1-4H3,(H3,12,14,15,16). The molecule has 0 bridgehead atoms. The number of rotatable bonds is 7. The van der Waals surface area contributed by atoms with E-state index in [1.807, 2.05) is 5.32 Å². The molecule has 0 fully saturated rings. The SMILES string of the molecule is COCCC(C)(C)CNC(C)C(=O)NC(N)=O. The van der Waals surface area contributed by atoms with Gasteiger partial charge in [0.25, 0.3) is 0 Å². The van der Waals surface area contributed by atoms with Crippen molar-refractivity contribution in [2.75, 3.05) is 20.3 Å². The summed E-state index contributed by atoms with van der Waals surface area (Å²) in [5.74, 6) is -0.417. The molecule has 1 unspecified atom stereocenters. The van der Waals surface area contributed by atoms with Crippen molar-refractivity contribution in [1.82, 2.24) is 10.6 Å². The van der Waals surface area contributed by atoms with Crippen molar-refractivity contribution in [3.8, 4) is 0 Å². The van der Waals surface area contributed by atoms with Crippen molar-refractivity contribution < 1.29 is 14.3 Å².